The standard InChI is InChI=1S/C26H42N2O3/c1-11-12-20-18(4)27-19(5)21(22(20)28-15-13-26(9,10)14-16-28)23(31-25(6,7)8)24(29)30-17(2)3/h11-12,17,23H,13-16H2,1-10H3/b12-11+. The number of rotatable bonds is 6. The normalized spacial score (nSPS) is 18.0. The lowest BCUT2D eigenvalue weighted by molar-refractivity contribution is -0.171. The van der Waals surface area contributed by atoms with Gasteiger partial charge in [-0.1, -0.05) is 26.0 Å². The molecule has 1 atom stereocenters. The number of esters is 1. The molecule has 1 aliphatic heterocycles. The Labute approximate surface area is 189 Å². The molecule has 5 nitrogen and oxygen atoms in total. The number of nitrogens with zero attached hydrogens (tertiary/aromatic N) is 2. The van der Waals surface area contributed by atoms with Gasteiger partial charge in [0.15, 0.2) is 6.10 Å². The Bertz CT molecular complexity index is 809. The fourth-order valence-electron chi connectivity index (χ4n) is 4.09. The first kappa shape index (κ1) is 25.4. The van der Waals surface area contributed by atoms with Gasteiger partial charge in [0.2, 0.25) is 0 Å². The van der Waals surface area contributed by atoms with Crippen LogP contribution in [0.3, 0.4) is 0 Å². The minimum Gasteiger partial charge on any atom is -0.461 e. The summed E-state index contributed by atoms with van der Waals surface area (Å²) < 4.78 is 12.0. The molecule has 1 unspecified atom stereocenters. The van der Waals surface area contributed by atoms with Crippen LogP contribution in [0.1, 0.15) is 96.9 Å². The van der Waals surface area contributed by atoms with Gasteiger partial charge in [0.1, 0.15) is 0 Å². The summed E-state index contributed by atoms with van der Waals surface area (Å²) in [5, 5.41) is 0. The van der Waals surface area contributed by atoms with E-state index in [2.05, 4.69) is 24.8 Å². The molecular formula is C26H42N2O3. The van der Waals surface area contributed by atoms with E-state index in [0.717, 1.165) is 54.1 Å². The number of carbonyl (C=O) groups excluding carboxylic acids is 1. The summed E-state index contributed by atoms with van der Waals surface area (Å²) >= 11 is 0. The van der Waals surface area contributed by atoms with Crippen molar-refractivity contribution in [3.8, 4) is 0 Å². The van der Waals surface area contributed by atoms with Crippen LogP contribution in [0, 0.1) is 19.3 Å². The van der Waals surface area contributed by atoms with Crippen LogP contribution >= 0.6 is 0 Å². The molecule has 1 aromatic rings. The quantitative estimate of drug-likeness (QED) is 0.505. The van der Waals surface area contributed by atoms with Crippen LogP contribution in [0.4, 0.5) is 5.69 Å². The molecule has 0 bridgehead atoms. The van der Waals surface area contributed by atoms with Crippen molar-refractivity contribution in [3.05, 3.63) is 28.6 Å². The molecule has 0 N–H and O–H groups in total. The number of hydrogen-bond donors (Lipinski definition) is 0. The van der Waals surface area contributed by atoms with Crippen LogP contribution in [-0.2, 0) is 14.3 Å². The lowest BCUT2D eigenvalue weighted by Crippen LogP contribution is -2.39. The van der Waals surface area contributed by atoms with Gasteiger partial charge in [-0.3, -0.25) is 4.98 Å². The SMILES string of the molecule is C/C=C/c1c(C)nc(C)c(C(OC(C)(C)C)C(=O)OC(C)C)c1N1CCC(C)(C)CC1. The predicted molar refractivity (Wildman–Crippen MR) is 128 cm³/mol. The summed E-state index contributed by atoms with van der Waals surface area (Å²) in [5.74, 6) is -0.358. The van der Waals surface area contributed by atoms with E-state index in [0.29, 0.717) is 5.41 Å². The number of anilines is 1. The molecule has 1 saturated heterocycles. The maximum atomic E-state index is 13.3. The van der Waals surface area contributed by atoms with Crippen LogP contribution in [0.2, 0.25) is 0 Å². The highest BCUT2D eigenvalue weighted by atomic mass is 16.6. The third-order valence-electron chi connectivity index (χ3n) is 5.69. The Morgan fingerprint density at radius 1 is 1.13 bits per heavy atom. The zero-order valence-electron chi connectivity index (χ0n) is 21.3. The van der Waals surface area contributed by atoms with Gasteiger partial charge >= 0.3 is 5.97 Å². The van der Waals surface area contributed by atoms with E-state index in [1.54, 1.807) is 0 Å². The average molecular weight is 431 g/mol. The van der Waals surface area contributed by atoms with Crippen molar-refractivity contribution in [3.63, 3.8) is 0 Å². The minimum absolute atomic E-state index is 0.216. The van der Waals surface area contributed by atoms with Gasteiger partial charge in [-0.05, 0) is 73.6 Å². The van der Waals surface area contributed by atoms with E-state index >= 15 is 0 Å². The molecule has 1 aromatic heterocycles. The Morgan fingerprint density at radius 3 is 2.19 bits per heavy atom. The molecule has 31 heavy (non-hydrogen) atoms. The van der Waals surface area contributed by atoms with Gasteiger partial charge in [0.25, 0.3) is 0 Å². The molecule has 1 aliphatic rings. The molecule has 0 aliphatic carbocycles. The van der Waals surface area contributed by atoms with Gasteiger partial charge in [-0.2, -0.15) is 0 Å². The second-order valence-corrected chi connectivity index (χ2v) is 10.7. The second-order valence-electron chi connectivity index (χ2n) is 10.7. The number of hydrogen-bond acceptors (Lipinski definition) is 5. The van der Waals surface area contributed by atoms with E-state index in [4.69, 9.17) is 14.5 Å². The molecule has 2 rings (SSSR count). The van der Waals surface area contributed by atoms with E-state index in [9.17, 15) is 4.79 Å². The summed E-state index contributed by atoms with van der Waals surface area (Å²) in [7, 11) is 0. The van der Waals surface area contributed by atoms with Crippen molar-refractivity contribution >= 4 is 17.7 Å². The van der Waals surface area contributed by atoms with Gasteiger partial charge in [-0.25, -0.2) is 4.79 Å². The number of aryl methyl sites for hydroxylation is 2. The molecule has 0 spiro atoms. The van der Waals surface area contributed by atoms with Crippen molar-refractivity contribution < 1.29 is 14.3 Å². The smallest absolute Gasteiger partial charge is 0.340 e. The van der Waals surface area contributed by atoms with E-state index in [1.165, 1.54) is 0 Å². The minimum atomic E-state index is -0.829. The van der Waals surface area contributed by atoms with E-state index in [1.807, 2.05) is 61.5 Å². The molecule has 2 heterocycles. The Morgan fingerprint density at radius 2 is 1.71 bits per heavy atom. The van der Waals surface area contributed by atoms with Gasteiger partial charge in [0.05, 0.1) is 17.4 Å². The van der Waals surface area contributed by atoms with Crippen LogP contribution in [-0.4, -0.2) is 35.7 Å². The Hall–Kier alpha value is -1.88. The first-order chi connectivity index (χ1) is 14.3. The van der Waals surface area contributed by atoms with Crippen molar-refractivity contribution in [2.75, 3.05) is 18.0 Å². The maximum Gasteiger partial charge on any atom is 0.340 e. The van der Waals surface area contributed by atoms with Crippen molar-refractivity contribution in [2.24, 2.45) is 5.41 Å². The molecular weight excluding hydrogens is 388 g/mol. The molecule has 0 amide bonds. The largest absolute Gasteiger partial charge is 0.461 e. The first-order valence-corrected chi connectivity index (χ1v) is 11.5. The van der Waals surface area contributed by atoms with E-state index < -0.39 is 11.7 Å². The monoisotopic (exact) mass is 430 g/mol. The topological polar surface area (TPSA) is 51.7 Å². The van der Waals surface area contributed by atoms with Gasteiger partial charge < -0.3 is 14.4 Å². The molecule has 1 fully saturated rings. The van der Waals surface area contributed by atoms with Crippen molar-refractivity contribution in [1.29, 1.82) is 0 Å². The maximum absolute atomic E-state index is 13.3. The summed E-state index contributed by atoms with van der Waals surface area (Å²) in [6.45, 7) is 22.2. The summed E-state index contributed by atoms with van der Waals surface area (Å²) in [6.07, 6.45) is 5.29. The van der Waals surface area contributed by atoms with Crippen molar-refractivity contribution in [1.82, 2.24) is 4.98 Å². The molecule has 5 heteroatoms. The van der Waals surface area contributed by atoms with Crippen LogP contribution in [0.5, 0.6) is 0 Å². The summed E-state index contributed by atoms with van der Waals surface area (Å²) in [5.41, 5.74) is 4.55. The van der Waals surface area contributed by atoms with Crippen LogP contribution < -0.4 is 4.90 Å². The third-order valence-corrected chi connectivity index (χ3v) is 5.69. The Kier molecular flexibility index (Phi) is 7.96. The molecule has 0 radical (unpaired) electrons. The zero-order chi connectivity index (χ0) is 23.6. The second kappa shape index (κ2) is 9.72. The number of allylic oxidation sites excluding steroid dienone is 1. The molecule has 0 saturated carbocycles. The van der Waals surface area contributed by atoms with Gasteiger partial charge in [-0.15, -0.1) is 0 Å². The highest BCUT2D eigenvalue weighted by Crippen LogP contribution is 2.41. The zero-order valence-corrected chi connectivity index (χ0v) is 21.3. The lowest BCUT2D eigenvalue weighted by atomic mass is 9.82. The summed E-state index contributed by atoms with van der Waals surface area (Å²) in [4.78, 5) is 20.5. The lowest BCUT2D eigenvalue weighted by Gasteiger charge is -2.41. The van der Waals surface area contributed by atoms with E-state index in [-0.39, 0.29) is 12.1 Å². The number of ether oxygens (including phenoxy) is 2. The van der Waals surface area contributed by atoms with Crippen molar-refractivity contribution in [2.45, 2.75) is 99.9 Å². The fourth-order valence-corrected chi connectivity index (χ4v) is 4.09. The van der Waals surface area contributed by atoms with Crippen LogP contribution in [0.25, 0.3) is 6.08 Å². The van der Waals surface area contributed by atoms with Crippen LogP contribution in [0.15, 0.2) is 6.08 Å². The van der Waals surface area contributed by atoms with Gasteiger partial charge in [0, 0.05) is 35.6 Å². The highest BCUT2D eigenvalue weighted by Gasteiger charge is 2.37. The number of piperidine rings is 1. The fraction of sp³-hybridized carbons (Fsp3) is 0.692. The Balaban J connectivity index is 2.72. The number of carbonyl (C=O) groups is 1. The highest BCUT2D eigenvalue weighted by molar-refractivity contribution is 5.83. The number of pyridine rings is 1. The molecule has 0 aromatic carbocycles. The molecule has 174 valence electrons. The first-order valence-electron chi connectivity index (χ1n) is 11.5. The predicted octanol–water partition coefficient (Wildman–Crippen LogP) is 6.17. The summed E-state index contributed by atoms with van der Waals surface area (Å²) in [6, 6.07) is 0. The average Bonchev–Trinajstić information content (AvgIpc) is 2.61. The third kappa shape index (κ3) is 6.55. The number of aromatic nitrogens is 1.